The molecule has 28 heavy (non-hydrogen) atoms. The lowest BCUT2D eigenvalue weighted by molar-refractivity contribution is -0.133. The molecule has 2 heterocycles. The van der Waals surface area contributed by atoms with Crippen LogP contribution in [0.2, 0.25) is 0 Å². The first-order valence-corrected chi connectivity index (χ1v) is 9.95. The maximum atomic E-state index is 13.1. The van der Waals surface area contributed by atoms with E-state index in [1.54, 1.807) is 19.2 Å². The molecule has 2 aliphatic rings. The van der Waals surface area contributed by atoms with Gasteiger partial charge in [0.15, 0.2) is 5.82 Å². The number of benzene rings is 1. The maximum Gasteiger partial charge on any atom is 0.229 e. The number of carbonyl (C=O) groups excluding carboxylic acids is 1. The van der Waals surface area contributed by atoms with Crippen molar-refractivity contribution in [3.05, 3.63) is 47.4 Å². The van der Waals surface area contributed by atoms with Crippen LogP contribution in [0.25, 0.3) is 0 Å². The van der Waals surface area contributed by atoms with Crippen LogP contribution in [-0.4, -0.2) is 47.8 Å². The Balaban J connectivity index is 1.51. The smallest absolute Gasteiger partial charge is 0.229 e. The van der Waals surface area contributed by atoms with Crippen LogP contribution in [0.1, 0.15) is 55.3 Å². The molecule has 0 bridgehead atoms. The molecule has 2 aromatic rings. The molecule has 1 atom stereocenters. The summed E-state index contributed by atoms with van der Waals surface area (Å²) < 4.78 is 24.0. The Kier molecular flexibility index (Phi) is 5.44. The van der Waals surface area contributed by atoms with Gasteiger partial charge < -0.3 is 14.2 Å². The number of methoxy groups -OCH3 is 1. The molecule has 1 aliphatic carbocycles. The van der Waals surface area contributed by atoms with Crippen LogP contribution >= 0.6 is 0 Å². The van der Waals surface area contributed by atoms with Crippen LogP contribution < -0.4 is 0 Å². The van der Waals surface area contributed by atoms with Gasteiger partial charge in [-0.1, -0.05) is 17.3 Å². The van der Waals surface area contributed by atoms with Crippen molar-refractivity contribution in [2.45, 2.75) is 49.9 Å². The zero-order chi connectivity index (χ0) is 19.6. The van der Waals surface area contributed by atoms with Gasteiger partial charge in [0.2, 0.25) is 11.8 Å². The van der Waals surface area contributed by atoms with E-state index in [9.17, 15) is 9.18 Å². The van der Waals surface area contributed by atoms with E-state index < -0.39 is 0 Å². The van der Waals surface area contributed by atoms with Gasteiger partial charge in [0.1, 0.15) is 5.82 Å². The van der Waals surface area contributed by atoms with Gasteiger partial charge in [-0.05, 0) is 49.8 Å². The number of nitrogens with zero attached hydrogens (tertiary/aromatic N) is 3. The minimum Gasteiger partial charge on any atom is -0.385 e. The second-order valence-electron chi connectivity index (χ2n) is 7.98. The van der Waals surface area contributed by atoms with E-state index in [1.165, 1.54) is 12.1 Å². The monoisotopic (exact) mass is 387 g/mol. The maximum absolute atomic E-state index is 13.1. The zero-order valence-electron chi connectivity index (χ0n) is 16.2. The highest BCUT2D eigenvalue weighted by molar-refractivity contribution is 5.79. The van der Waals surface area contributed by atoms with Crippen molar-refractivity contribution in [2.24, 2.45) is 0 Å². The third-order valence-corrected chi connectivity index (χ3v) is 5.83. The molecule has 4 rings (SSSR count). The molecule has 1 aliphatic heterocycles. The summed E-state index contributed by atoms with van der Waals surface area (Å²) in [6.45, 7) is 1.84. The van der Waals surface area contributed by atoms with E-state index in [1.807, 2.05) is 4.90 Å². The lowest BCUT2D eigenvalue weighted by Crippen LogP contribution is -2.50. The predicted molar refractivity (Wildman–Crippen MR) is 100 cm³/mol. The van der Waals surface area contributed by atoms with Crippen molar-refractivity contribution in [1.82, 2.24) is 15.0 Å². The topological polar surface area (TPSA) is 68.5 Å². The molecule has 0 radical (unpaired) electrons. The number of rotatable bonds is 7. The van der Waals surface area contributed by atoms with Gasteiger partial charge in [-0.2, -0.15) is 4.98 Å². The first-order valence-electron chi connectivity index (χ1n) is 9.95. The average molecular weight is 387 g/mol. The van der Waals surface area contributed by atoms with Gasteiger partial charge in [-0.25, -0.2) is 4.39 Å². The Morgan fingerprint density at radius 1 is 1.36 bits per heavy atom. The molecule has 7 heteroatoms. The first kappa shape index (κ1) is 19.1. The van der Waals surface area contributed by atoms with Gasteiger partial charge in [0.25, 0.3) is 0 Å². The van der Waals surface area contributed by atoms with E-state index in [2.05, 4.69) is 5.16 Å². The Hall–Kier alpha value is -2.28. The fourth-order valence-corrected chi connectivity index (χ4v) is 3.98. The van der Waals surface area contributed by atoms with E-state index in [4.69, 9.17) is 14.2 Å². The quantitative estimate of drug-likeness (QED) is 0.730. The molecule has 1 aromatic carbocycles. The highest BCUT2D eigenvalue weighted by Gasteiger charge is 2.43. The summed E-state index contributed by atoms with van der Waals surface area (Å²) in [6, 6.07) is 6.10. The highest BCUT2D eigenvalue weighted by atomic mass is 19.1. The molecular formula is C21H26FN3O3. The third-order valence-electron chi connectivity index (χ3n) is 5.83. The van der Waals surface area contributed by atoms with E-state index in [0.29, 0.717) is 31.4 Å². The summed E-state index contributed by atoms with van der Waals surface area (Å²) in [7, 11) is 1.68. The fraction of sp³-hybridized carbons (Fsp3) is 0.571. The number of carbonyl (C=O) groups is 1. The van der Waals surface area contributed by atoms with Gasteiger partial charge in [-0.15, -0.1) is 0 Å². The van der Waals surface area contributed by atoms with Gasteiger partial charge in [0.05, 0.1) is 11.8 Å². The minimum atomic E-state index is -0.344. The Morgan fingerprint density at radius 2 is 2.14 bits per heavy atom. The van der Waals surface area contributed by atoms with Crippen LogP contribution in [0.5, 0.6) is 0 Å². The second-order valence-corrected chi connectivity index (χ2v) is 7.98. The van der Waals surface area contributed by atoms with Crippen molar-refractivity contribution in [1.29, 1.82) is 0 Å². The number of aromatic nitrogens is 2. The van der Waals surface area contributed by atoms with Gasteiger partial charge >= 0.3 is 0 Å². The summed E-state index contributed by atoms with van der Waals surface area (Å²) in [5, 5.41) is 4.29. The van der Waals surface area contributed by atoms with Crippen molar-refractivity contribution >= 4 is 5.91 Å². The average Bonchev–Trinajstić information content (AvgIpc) is 3.44. The summed E-state index contributed by atoms with van der Waals surface area (Å²) in [6.07, 6.45) is 5.00. The van der Waals surface area contributed by atoms with Gasteiger partial charge in [-0.3, -0.25) is 4.79 Å². The number of amides is 1. The molecule has 1 unspecified atom stereocenters. The Morgan fingerprint density at radius 3 is 2.86 bits per heavy atom. The second kappa shape index (κ2) is 7.99. The summed E-state index contributed by atoms with van der Waals surface area (Å²) in [5.74, 6) is 1.57. The van der Waals surface area contributed by atoms with Crippen LogP contribution in [0.15, 0.2) is 28.8 Å². The number of likely N-dealkylation sites (tertiary alicyclic amines) is 1. The Labute approximate surface area is 164 Å². The highest BCUT2D eigenvalue weighted by Crippen LogP contribution is 2.41. The number of hydrogen-bond acceptors (Lipinski definition) is 5. The van der Waals surface area contributed by atoms with Crippen LogP contribution in [0.4, 0.5) is 4.39 Å². The molecule has 150 valence electrons. The van der Waals surface area contributed by atoms with Crippen molar-refractivity contribution in [2.75, 3.05) is 26.8 Å². The minimum absolute atomic E-state index is 0.0408. The van der Waals surface area contributed by atoms with Crippen molar-refractivity contribution in [3.63, 3.8) is 0 Å². The number of piperidine rings is 1. The molecule has 1 amide bonds. The molecule has 1 aromatic heterocycles. The first-order chi connectivity index (χ1) is 13.6. The van der Waals surface area contributed by atoms with E-state index >= 15 is 0 Å². The summed E-state index contributed by atoms with van der Waals surface area (Å²) in [4.78, 5) is 19.5. The van der Waals surface area contributed by atoms with Crippen LogP contribution in [0, 0.1) is 5.82 Å². The SMILES string of the molecule is COCCC1(c2noc(C3CC3)n2)CCCN(C(=O)Cc2ccc(F)cc2)C1. The Bertz CT molecular complexity index is 819. The number of hydrogen-bond donors (Lipinski definition) is 0. The van der Waals surface area contributed by atoms with Crippen molar-refractivity contribution in [3.8, 4) is 0 Å². The van der Waals surface area contributed by atoms with Gasteiger partial charge in [0, 0.05) is 32.7 Å². The van der Waals surface area contributed by atoms with Crippen LogP contribution in [0.3, 0.4) is 0 Å². The normalized spacial score (nSPS) is 22.4. The van der Waals surface area contributed by atoms with E-state index in [0.717, 1.165) is 43.6 Å². The zero-order valence-corrected chi connectivity index (χ0v) is 16.2. The molecule has 0 spiro atoms. The molecule has 1 saturated heterocycles. The summed E-state index contributed by atoms with van der Waals surface area (Å²) in [5.41, 5.74) is 0.471. The standard InChI is InChI=1S/C21H26FN3O3/c1-27-12-10-21(20-23-19(28-24-20)16-5-6-16)9-2-11-25(14-21)18(26)13-15-3-7-17(22)8-4-15/h3-4,7-8,16H,2,5-6,9-14H2,1H3. The third kappa shape index (κ3) is 4.09. The molecular weight excluding hydrogens is 361 g/mol. The molecule has 0 N–H and O–H groups in total. The van der Waals surface area contributed by atoms with E-state index in [-0.39, 0.29) is 23.6 Å². The predicted octanol–water partition coefficient (Wildman–Crippen LogP) is 3.23. The lowest BCUT2D eigenvalue weighted by atomic mass is 9.76. The van der Waals surface area contributed by atoms with Crippen LogP contribution in [-0.2, 0) is 21.4 Å². The molecule has 2 fully saturated rings. The fourth-order valence-electron chi connectivity index (χ4n) is 3.98. The largest absolute Gasteiger partial charge is 0.385 e. The molecule has 1 saturated carbocycles. The number of halogens is 1. The molecule has 6 nitrogen and oxygen atoms in total. The summed E-state index contributed by atoms with van der Waals surface area (Å²) >= 11 is 0. The lowest BCUT2D eigenvalue weighted by Gasteiger charge is -2.41. The number of ether oxygens (including phenoxy) is 1. The van der Waals surface area contributed by atoms with Crippen molar-refractivity contribution < 1.29 is 18.4 Å².